The molecule has 2 N–H and O–H groups in total. The van der Waals surface area contributed by atoms with Crippen molar-refractivity contribution >= 4 is 38.6 Å². The lowest BCUT2D eigenvalue weighted by atomic mass is 10.0. The van der Waals surface area contributed by atoms with Crippen molar-refractivity contribution < 1.29 is 22.4 Å². The zero-order chi connectivity index (χ0) is 26.3. The van der Waals surface area contributed by atoms with E-state index in [0.717, 1.165) is 10.9 Å². The summed E-state index contributed by atoms with van der Waals surface area (Å²) in [5, 5.41) is 6.75. The molecule has 5 rings (SSSR count). The number of halogens is 1. The number of hydrogen-bond donors (Lipinski definition) is 1. The zero-order valence-corrected chi connectivity index (χ0v) is 21.6. The maximum atomic E-state index is 13.3. The largest absolute Gasteiger partial charge is 0.462 e. The molecule has 0 spiro atoms. The van der Waals surface area contributed by atoms with E-state index in [9.17, 15) is 13.2 Å². The number of carbonyl (C=O) groups is 1. The molecule has 0 aliphatic heterocycles. The van der Waals surface area contributed by atoms with Crippen LogP contribution in [0, 0.1) is 6.92 Å². The second-order valence-electron chi connectivity index (χ2n) is 8.43. The van der Waals surface area contributed by atoms with E-state index < -0.39 is 16.0 Å². The van der Waals surface area contributed by atoms with Crippen LogP contribution in [0.2, 0.25) is 5.02 Å². The summed E-state index contributed by atoms with van der Waals surface area (Å²) in [6.45, 7) is 3.75. The molecule has 9 heteroatoms. The molecule has 0 unspecified atom stereocenters. The number of furan rings is 1. The average Bonchev–Trinajstić information content (AvgIpc) is 3.43. The molecule has 5 aromatic rings. The van der Waals surface area contributed by atoms with Crippen LogP contribution in [0.15, 0.2) is 88.2 Å². The van der Waals surface area contributed by atoms with Gasteiger partial charge in [0, 0.05) is 21.8 Å². The molecule has 0 atom stereocenters. The summed E-state index contributed by atoms with van der Waals surface area (Å²) in [5.41, 5.74) is 4.25. The summed E-state index contributed by atoms with van der Waals surface area (Å²) >= 11 is 6.19. The Morgan fingerprint density at radius 1 is 1.03 bits per heavy atom. The fraction of sp³-hybridized carbons (Fsp3) is 0.107. The Morgan fingerprint density at radius 2 is 1.70 bits per heavy atom. The SMILES string of the molecule is CCOC(=O)c1c(-c2cc3ccccc3o2)c(-c2ccc(Cl)cc2)n(-c2ccc(S(N)(=O)=O)cc2)c1C. The van der Waals surface area contributed by atoms with E-state index in [-0.39, 0.29) is 11.5 Å². The van der Waals surface area contributed by atoms with Gasteiger partial charge in [0.15, 0.2) is 0 Å². The molecule has 2 heterocycles. The number of carbonyl (C=O) groups excluding carboxylic acids is 1. The summed E-state index contributed by atoms with van der Waals surface area (Å²) in [4.78, 5) is 13.3. The van der Waals surface area contributed by atoms with Crippen LogP contribution in [0.1, 0.15) is 23.0 Å². The van der Waals surface area contributed by atoms with Crippen molar-refractivity contribution in [1.82, 2.24) is 4.57 Å². The van der Waals surface area contributed by atoms with Crippen LogP contribution in [0.25, 0.3) is 39.2 Å². The van der Waals surface area contributed by atoms with Gasteiger partial charge in [-0.3, -0.25) is 0 Å². The Bertz CT molecular complexity index is 1700. The Morgan fingerprint density at radius 3 is 2.32 bits per heavy atom. The van der Waals surface area contributed by atoms with Crippen molar-refractivity contribution in [3.63, 3.8) is 0 Å². The van der Waals surface area contributed by atoms with Gasteiger partial charge in [-0.05, 0) is 67.9 Å². The topological polar surface area (TPSA) is 105 Å². The smallest absolute Gasteiger partial charge is 0.340 e. The quantitative estimate of drug-likeness (QED) is 0.256. The van der Waals surface area contributed by atoms with Gasteiger partial charge >= 0.3 is 5.97 Å². The highest BCUT2D eigenvalue weighted by molar-refractivity contribution is 7.89. The van der Waals surface area contributed by atoms with Crippen molar-refractivity contribution in [1.29, 1.82) is 0 Å². The Kier molecular flexibility index (Phi) is 6.41. The molecule has 0 saturated heterocycles. The van der Waals surface area contributed by atoms with E-state index in [0.29, 0.717) is 44.6 Å². The summed E-state index contributed by atoms with van der Waals surface area (Å²) < 4.78 is 37.3. The minimum atomic E-state index is -3.87. The summed E-state index contributed by atoms with van der Waals surface area (Å²) in [7, 11) is -3.87. The molecule has 0 aliphatic rings. The Hall–Kier alpha value is -3.85. The van der Waals surface area contributed by atoms with E-state index in [4.69, 9.17) is 25.9 Å². The lowest BCUT2D eigenvalue weighted by molar-refractivity contribution is 0.0526. The highest BCUT2D eigenvalue weighted by atomic mass is 35.5. The van der Waals surface area contributed by atoms with Crippen molar-refractivity contribution in [2.45, 2.75) is 18.7 Å². The molecule has 2 aromatic heterocycles. The van der Waals surface area contributed by atoms with Crippen LogP contribution in [0.3, 0.4) is 0 Å². The van der Waals surface area contributed by atoms with Crippen LogP contribution in [-0.2, 0) is 14.8 Å². The summed E-state index contributed by atoms with van der Waals surface area (Å²) in [6, 6.07) is 22.9. The average molecular weight is 535 g/mol. The number of ether oxygens (including phenoxy) is 1. The van der Waals surface area contributed by atoms with Gasteiger partial charge in [-0.15, -0.1) is 0 Å². The van der Waals surface area contributed by atoms with Gasteiger partial charge in [0.05, 0.1) is 28.3 Å². The summed E-state index contributed by atoms with van der Waals surface area (Å²) in [6.07, 6.45) is 0. The van der Waals surface area contributed by atoms with Gasteiger partial charge in [0.25, 0.3) is 0 Å². The second kappa shape index (κ2) is 9.55. The number of para-hydroxylation sites is 1. The number of rotatable bonds is 6. The standard InChI is InChI=1S/C28H23ClN2O5S/c1-3-35-28(32)25-17(2)31(21-12-14-22(15-13-21)37(30,33)34)27(18-8-10-20(29)11-9-18)26(25)24-16-19-6-4-5-7-23(19)36-24/h4-16H,3H2,1-2H3,(H2,30,33,34). The van der Waals surface area contributed by atoms with Crippen LogP contribution in [-0.4, -0.2) is 25.6 Å². The third-order valence-electron chi connectivity index (χ3n) is 6.10. The molecular weight excluding hydrogens is 512 g/mol. The fourth-order valence-corrected chi connectivity index (χ4v) is 5.12. The van der Waals surface area contributed by atoms with Gasteiger partial charge in [-0.1, -0.05) is 41.9 Å². The van der Waals surface area contributed by atoms with Crippen molar-refractivity contribution in [2.75, 3.05) is 6.61 Å². The molecule has 0 bridgehead atoms. The predicted octanol–water partition coefficient (Wildman–Crippen LogP) is 6.34. The van der Waals surface area contributed by atoms with Crippen LogP contribution in [0.5, 0.6) is 0 Å². The molecule has 188 valence electrons. The van der Waals surface area contributed by atoms with Gasteiger partial charge in [-0.2, -0.15) is 0 Å². The number of fused-ring (bicyclic) bond motifs is 1. The number of primary sulfonamides is 1. The van der Waals surface area contributed by atoms with E-state index in [1.54, 1.807) is 31.2 Å². The third-order valence-corrected chi connectivity index (χ3v) is 7.28. The number of hydrogen-bond acceptors (Lipinski definition) is 5. The number of nitrogens with zero attached hydrogens (tertiary/aromatic N) is 1. The third kappa shape index (κ3) is 4.55. The lowest BCUT2D eigenvalue weighted by Gasteiger charge is -2.14. The molecule has 37 heavy (non-hydrogen) atoms. The van der Waals surface area contributed by atoms with E-state index in [2.05, 4.69) is 0 Å². The van der Waals surface area contributed by atoms with Crippen LogP contribution >= 0.6 is 11.6 Å². The van der Waals surface area contributed by atoms with Crippen LogP contribution < -0.4 is 5.14 Å². The van der Waals surface area contributed by atoms with Crippen molar-refractivity contribution in [3.05, 3.63) is 95.1 Å². The minimum absolute atomic E-state index is 0.0165. The molecule has 0 aliphatic carbocycles. The van der Waals surface area contributed by atoms with Crippen LogP contribution in [0.4, 0.5) is 0 Å². The first-order chi connectivity index (χ1) is 17.7. The maximum Gasteiger partial charge on any atom is 0.340 e. The number of benzene rings is 3. The zero-order valence-electron chi connectivity index (χ0n) is 20.1. The van der Waals surface area contributed by atoms with Crippen molar-refractivity contribution in [2.24, 2.45) is 5.14 Å². The number of sulfonamides is 1. The van der Waals surface area contributed by atoms with Gasteiger partial charge in [-0.25, -0.2) is 18.4 Å². The molecule has 0 fully saturated rings. The second-order valence-corrected chi connectivity index (χ2v) is 10.4. The first kappa shape index (κ1) is 24.8. The first-order valence-corrected chi connectivity index (χ1v) is 13.4. The molecule has 7 nitrogen and oxygen atoms in total. The van der Waals surface area contributed by atoms with Crippen molar-refractivity contribution in [3.8, 4) is 28.3 Å². The highest BCUT2D eigenvalue weighted by Crippen LogP contribution is 2.43. The molecule has 0 saturated carbocycles. The lowest BCUT2D eigenvalue weighted by Crippen LogP contribution is -2.12. The first-order valence-electron chi connectivity index (χ1n) is 11.5. The molecule has 0 radical (unpaired) electrons. The number of aromatic nitrogens is 1. The molecule has 3 aromatic carbocycles. The monoisotopic (exact) mass is 534 g/mol. The highest BCUT2D eigenvalue weighted by Gasteiger charge is 2.30. The minimum Gasteiger partial charge on any atom is -0.462 e. The number of nitrogens with two attached hydrogens (primary N) is 1. The van der Waals surface area contributed by atoms with E-state index in [1.165, 1.54) is 12.1 Å². The number of esters is 1. The van der Waals surface area contributed by atoms with Gasteiger partial charge in [0.1, 0.15) is 11.3 Å². The van der Waals surface area contributed by atoms with Gasteiger partial charge < -0.3 is 13.7 Å². The maximum absolute atomic E-state index is 13.3. The van der Waals surface area contributed by atoms with E-state index in [1.807, 2.05) is 54.0 Å². The molecular formula is C28H23ClN2O5S. The normalized spacial score (nSPS) is 11.7. The van der Waals surface area contributed by atoms with E-state index >= 15 is 0 Å². The predicted molar refractivity (Wildman–Crippen MR) is 143 cm³/mol. The summed E-state index contributed by atoms with van der Waals surface area (Å²) in [5.74, 6) is 0.00258. The Balaban J connectivity index is 1.88. The fourth-order valence-electron chi connectivity index (χ4n) is 4.48. The Labute approximate surface area is 219 Å². The van der Waals surface area contributed by atoms with Gasteiger partial charge in [0.2, 0.25) is 10.0 Å². The molecule has 0 amide bonds.